The van der Waals surface area contributed by atoms with Gasteiger partial charge in [-0.1, -0.05) is 5.16 Å². The number of rotatable bonds is 3. The van der Waals surface area contributed by atoms with Gasteiger partial charge >= 0.3 is 0 Å². The van der Waals surface area contributed by atoms with Crippen molar-refractivity contribution in [2.75, 3.05) is 19.6 Å². The predicted molar refractivity (Wildman–Crippen MR) is 63.9 cm³/mol. The highest BCUT2D eigenvalue weighted by molar-refractivity contribution is 5.90. The molecule has 0 bridgehead atoms. The van der Waals surface area contributed by atoms with Crippen molar-refractivity contribution in [3.05, 3.63) is 12.2 Å². The van der Waals surface area contributed by atoms with Crippen LogP contribution in [0.2, 0.25) is 0 Å². The second-order valence-corrected chi connectivity index (χ2v) is 4.91. The maximum Gasteiger partial charge on any atom is 0.245 e. The summed E-state index contributed by atoms with van der Waals surface area (Å²) in [4.78, 5) is 31.7. The molecule has 2 fully saturated rings. The molecule has 1 atom stereocenters. The van der Waals surface area contributed by atoms with Crippen LogP contribution < -0.4 is 0 Å². The highest BCUT2D eigenvalue weighted by atomic mass is 16.5. The molecule has 102 valence electrons. The molecule has 0 radical (unpaired) electrons. The summed E-state index contributed by atoms with van der Waals surface area (Å²) < 4.78 is 4.92. The van der Waals surface area contributed by atoms with Crippen molar-refractivity contribution in [1.29, 1.82) is 0 Å². The van der Waals surface area contributed by atoms with E-state index >= 15 is 0 Å². The van der Waals surface area contributed by atoms with Crippen LogP contribution in [0.15, 0.2) is 10.9 Å². The summed E-state index contributed by atoms with van der Waals surface area (Å²) in [6, 6.07) is -0.252. The number of hydrogen-bond acceptors (Lipinski definition) is 5. The molecule has 2 aliphatic rings. The minimum Gasteiger partial charge on any atom is -0.340 e. The Kier molecular flexibility index (Phi) is 3.18. The molecule has 2 saturated heterocycles. The van der Waals surface area contributed by atoms with Crippen LogP contribution >= 0.6 is 0 Å². The van der Waals surface area contributed by atoms with Crippen molar-refractivity contribution < 1.29 is 14.1 Å². The van der Waals surface area contributed by atoms with Crippen molar-refractivity contribution in [3.8, 4) is 0 Å². The fourth-order valence-electron chi connectivity index (χ4n) is 2.78. The quantitative estimate of drug-likeness (QED) is 0.757. The minimum atomic E-state index is -0.252. The number of carbonyl (C=O) groups is 2. The van der Waals surface area contributed by atoms with Gasteiger partial charge in [-0.05, 0) is 12.8 Å². The first-order chi connectivity index (χ1) is 9.25. The molecule has 2 amide bonds. The van der Waals surface area contributed by atoms with Crippen LogP contribution in [-0.4, -0.2) is 57.4 Å². The van der Waals surface area contributed by atoms with Crippen molar-refractivity contribution in [2.24, 2.45) is 0 Å². The van der Waals surface area contributed by atoms with Crippen LogP contribution in [-0.2, 0) is 16.0 Å². The lowest BCUT2D eigenvalue weighted by atomic mass is 10.2. The Hall–Kier alpha value is -1.92. The normalized spacial score (nSPS) is 23.7. The average Bonchev–Trinajstić information content (AvgIpc) is 3.07. The summed E-state index contributed by atoms with van der Waals surface area (Å²) >= 11 is 0. The van der Waals surface area contributed by atoms with E-state index in [0.717, 1.165) is 12.8 Å². The molecule has 0 saturated carbocycles. The van der Waals surface area contributed by atoms with E-state index in [-0.39, 0.29) is 17.9 Å². The fourth-order valence-corrected chi connectivity index (χ4v) is 2.78. The van der Waals surface area contributed by atoms with Gasteiger partial charge < -0.3 is 14.3 Å². The predicted octanol–water partition coefficient (Wildman–Crippen LogP) is -0.165. The molecule has 1 aromatic heterocycles. The van der Waals surface area contributed by atoms with E-state index in [1.807, 2.05) is 0 Å². The summed E-state index contributed by atoms with van der Waals surface area (Å²) in [5.74, 6) is 0.672. The van der Waals surface area contributed by atoms with Gasteiger partial charge in [-0.2, -0.15) is 4.98 Å². The van der Waals surface area contributed by atoms with Gasteiger partial charge in [0, 0.05) is 32.5 Å². The fraction of sp³-hybridized carbons (Fsp3) is 0.667. The third kappa shape index (κ3) is 2.32. The molecular formula is C12H16N4O3. The lowest BCUT2D eigenvalue weighted by Gasteiger charge is -2.24. The lowest BCUT2D eigenvalue weighted by Crippen LogP contribution is -2.44. The molecule has 7 nitrogen and oxygen atoms in total. The molecule has 19 heavy (non-hydrogen) atoms. The van der Waals surface area contributed by atoms with Crippen molar-refractivity contribution >= 4 is 11.8 Å². The molecule has 3 heterocycles. The zero-order valence-corrected chi connectivity index (χ0v) is 10.6. The Balaban J connectivity index is 1.67. The molecule has 0 N–H and O–H groups in total. The second kappa shape index (κ2) is 4.99. The van der Waals surface area contributed by atoms with E-state index in [1.54, 1.807) is 9.80 Å². The Morgan fingerprint density at radius 2 is 2.26 bits per heavy atom. The number of amides is 2. The number of carbonyl (C=O) groups excluding carboxylic acids is 2. The molecule has 3 rings (SSSR count). The topological polar surface area (TPSA) is 79.5 Å². The Morgan fingerprint density at radius 1 is 1.37 bits per heavy atom. The molecule has 0 aliphatic carbocycles. The Morgan fingerprint density at radius 3 is 3.05 bits per heavy atom. The summed E-state index contributed by atoms with van der Waals surface area (Å²) in [6.45, 7) is 1.73. The second-order valence-electron chi connectivity index (χ2n) is 4.91. The monoisotopic (exact) mass is 264 g/mol. The number of fused-ring (bicyclic) bond motifs is 1. The molecule has 1 unspecified atom stereocenters. The molecule has 0 spiro atoms. The first-order valence-electron chi connectivity index (χ1n) is 6.59. The smallest absolute Gasteiger partial charge is 0.245 e. The van der Waals surface area contributed by atoms with Crippen molar-refractivity contribution in [1.82, 2.24) is 19.9 Å². The van der Waals surface area contributed by atoms with Crippen LogP contribution in [0.25, 0.3) is 0 Å². The standard InChI is InChI=1S/C12H16N4O3/c17-11-4-7-15(6-3-10-13-8-14-19-10)12(18)9-2-1-5-16(9)11/h8-9H,1-7H2. The van der Waals surface area contributed by atoms with E-state index < -0.39 is 0 Å². The molecule has 1 aromatic rings. The zero-order chi connectivity index (χ0) is 13.2. The van der Waals surface area contributed by atoms with Gasteiger partial charge in [0.05, 0.1) is 0 Å². The Labute approximate surface area is 110 Å². The third-order valence-electron chi connectivity index (χ3n) is 3.77. The molecule has 2 aliphatic heterocycles. The van der Waals surface area contributed by atoms with Crippen LogP contribution in [0.3, 0.4) is 0 Å². The SMILES string of the molecule is O=C1C2CCCN2C(=O)CCN1CCc1ncno1. The first kappa shape index (κ1) is 12.1. The average molecular weight is 264 g/mol. The summed E-state index contributed by atoms with van der Waals surface area (Å²) in [5.41, 5.74) is 0. The zero-order valence-electron chi connectivity index (χ0n) is 10.6. The third-order valence-corrected chi connectivity index (χ3v) is 3.77. The van der Waals surface area contributed by atoms with E-state index in [0.29, 0.717) is 38.4 Å². The first-order valence-corrected chi connectivity index (χ1v) is 6.59. The summed E-state index contributed by atoms with van der Waals surface area (Å²) in [6.07, 6.45) is 3.99. The van der Waals surface area contributed by atoms with Crippen LogP contribution in [0, 0.1) is 0 Å². The highest BCUT2D eigenvalue weighted by Crippen LogP contribution is 2.23. The van der Waals surface area contributed by atoms with E-state index in [9.17, 15) is 9.59 Å². The maximum absolute atomic E-state index is 12.4. The van der Waals surface area contributed by atoms with Crippen LogP contribution in [0.1, 0.15) is 25.2 Å². The number of aromatic nitrogens is 2. The van der Waals surface area contributed by atoms with Gasteiger partial charge in [0.1, 0.15) is 6.04 Å². The van der Waals surface area contributed by atoms with Crippen LogP contribution in [0.5, 0.6) is 0 Å². The van der Waals surface area contributed by atoms with E-state index in [1.165, 1.54) is 6.33 Å². The van der Waals surface area contributed by atoms with E-state index in [4.69, 9.17) is 4.52 Å². The summed E-state index contributed by atoms with van der Waals surface area (Å²) in [7, 11) is 0. The van der Waals surface area contributed by atoms with Crippen LogP contribution in [0.4, 0.5) is 0 Å². The summed E-state index contributed by atoms with van der Waals surface area (Å²) in [5, 5.41) is 3.54. The van der Waals surface area contributed by atoms with E-state index in [2.05, 4.69) is 10.1 Å². The number of hydrogen-bond donors (Lipinski definition) is 0. The minimum absolute atomic E-state index is 0.0582. The Bertz CT molecular complexity index is 473. The van der Waals surface area contributed by atoms with Gasteiger partial charge in [-0.3, -0.25) is 9.59 Å². The lowest BCUT2D eigenvalue weighted by molar-refractivity contribution is -0.139. The molecule has 7 heteroatoms. The van der Waals surface area contributed by atoms with Crippen molar-refractivity contribution in [2.45, 2.75) is 31.7 Å². The van der Waals surface area contributed by atoms with Gasteiger partial charge in [-0.15, -0.1) is 0 Å². The molecular weight excluding hydrogens is 248 g/mol. The maximum atomic E-state index is 12.4. The number of nitrogens with zero attached hydrogens (tertiary/aromatic N) is 4. The molecule has 0 aromatic carbocycles. The largest absolute Gasteiger partial charge is 0.340 e. The van der Waals surface area contributed by atoms with Gasteiger partial charge in [-0.25, -0.2) is 0 Å². The highest BCUT2D eigenvalue weighted by Gasteiger charge is 2.38. The van der Waals surface area contributed by atoms with Gasteiger partial charge in [0.25, 0.3) is 0 Å². The van der Waals surface area contributed by atoms with Gasteiger partial charge in [0.15, 0.2) is 6.33 Å². The van der Waals surface area contributed by atoms with Gasteiger partial charge in [0.2, 0.25) is 17.7 Å². The van der Waals surface area contributed by atoms with Crippen molar-refractivity contribution in [3.63, 3.8) is 0 Å².